The second-order valence-electron chi connectivity index (χ2n) is 7.01. The Balaban J connectivity index is 0.000000345. The SMILES string of the molecule is CCn1cc(C(=O)N2CCN(C3CCCCC3)CC2)cn1.O=C(O)C(F)(F)F. The Kier molecular flexibility index (Phi) is 7.85. The Hall–Kier alpha value is -2.10. The van der Waals surface area contributed by atoms with Crippen molar-refractivity contribution in [1.82, 2.24) is 19.6 Å². The molecule has 10 heteroatoms. The van der Waals surface area contributed by atoms with Crippen molar-refractivity contribution < 1.29 is 27.9 Å². The number of alkyl halides is 3. The lowest BCUT2D eigenvalue weighted by molar-refractivity contribution is -0.192. The van der Waals surface area contributed by atoms with E-state index in [1.807, 2.05) is 22.7 Å². The van der Waals surface area contributed by atoms with E-state index in [0.29, 0.717) is 0 Å². The monoisotopic (exact) mass is 404 g/mol. The van der Waals surface area contributed by atoms with Gasteiger partial charge < -0.3 is 10.0 Å². The smallest absolute Gasteiger partial charge is 0.475 e. The zero-order valence-electron chi connectivity index (χ0n) is 16.0. The van der Waals surface area contributed by atoms with Gasteiger partial charge in [-0.25, -0.2) is 4.79 Å². The molecule has 1 saturated carbocycles. The number of carboxylic acids is 1. The minimum Gasteiger partial charge on any atom is -0.475 e. The van der Waals surface area contributed by atoms with Gasteiger partial charge in [-0.1, -0.05) is 19.3 Å². The van der Waals surface area contributed by atoms with Gasteiger partial charge in [0, 0.05) is 45.0 Å². The summed E-state index contributed by atoms with van der Waals surface area (Å²) in [7, 11) is 0. The predicted molar refractivity (Wildman–Crippen MR) is 95.9 cm³/mol. The number of carboxylic acid groups (broad SMARTS) is 1. The van der Waals surface area contributed by atoms with E-state index in [-0.39, 0.29) is 5.91 Å². The predicted octanol–water partition coefficient (Wildman–Crippen LogP) is 2.63. The van der Waals surface area contributed by atoms with Crippen LogP contribution in [0.15, 0.2) is 12.4 Å². The average Bonchev–Trinajstić information content (AvgIpc) is 3.17. The van der Waals surface area contributed by atoms with Gasteiger partial charge in [0.1, 0.15) is 0 Å². The molecule has 2 aliphatic rings. The molecule has 0 atom stereocenters. The Morgan fingerprint density at radius 1 is 1.14 bits per heavy atom. The standard InChI is InChI=1S/C16H26N4O.C2HF3O2/c1-2-20-13-14(12-17-20)16(21)19-10-8-18(9-11-19)15-6-4-3-5-7-15;3-2(4,5)1(6)7/h12-13,15H,2-11H2,1H3;(H,6,7). The van der Waals surface area contributed by atoms with E-state index in [9.17, 15) is 18.0 Å². The third-order valence-electron chi connectivity index (χ3n) is 5.14. The number of piperazine rings is 1. The summed E-state index contributed by atoms with van der Waals surface area (Å²) in [6, 6.07) is 0.763. The van der Waals surface area contributed by atoms with Crippen molar-refractivity contribution in [3.8, 4) is 0 Å². The maximum Gasteiger partial charge on any atom is 0.490 e. The van der Waals surface area contributed by atoms with Gasteiger partial charge in [0.25, 0.3) is 5.91 Å². The van der Waals surface area contributed by atoms with Crippen molar-refractivity contribution in [2.45, 2.75) is 57.8 Å². The van der Waals surface area contributed by atoms with Crippen LogP contribution < -0.4 is 0 Å². The van der Waals surface area contributed by atoms with Gasteiger partial charge in [0.2, 0.25) is 0 Å². The molecule has 1 aromatic heterocycles. The molecule has 0 unspecified atom stereocenters. The highest BCUT2D eigenvalue weighted by Crippen LogP contribution is 2.23. The number of amides is 1. The van der Waals surface area contributed by atoms with Crippen molar-refractivity contribution in [3.63, 3.8) is 0 Å². The highest BCUT2D eigenvalue weighted by molar-refractivity contribution is 5.93. The molecule has 0 spiro atoms. The van der Waals surface area contributed by atoms with Crippen LogP contribution in [-0.2, 0) is 11.3 Å². The molecular weight excluding hydrogens is 377 g/mol. The summed E-state index contributed by atoms with van der Waals surface area (Å²) in [5.74, 6) is -2.62. The molecule has 2 fully saturated rings. The summed E-state index contributed by atoms with van der Waals surface area (Å²) in [6.45, 7) is 6.60. The first-order valence-electron chi connectivity index (χ1n) is 9.58. The van der Waals surface area contributed by atoms with Gasteiger partial charge in [-0.05, 0) is 19.8 Å². The Labute approximate surface area is 162 Å². The molecule has 1 amide bonds. The molecule has 158 valence electrons. The number of carbonyl (C=O) groups excluding carboxylic acids is 1. The minimum absolute atomic E-state index is 0.137. The quantitative estimate of drug-likeness (QED) is 0.838. The fourth-order valence-electron chi connectivity index (χ4n) is 3.57. The molecule has 7 nitrogen and oxygen atoms in total. The number of rotatable bonds is 3. The second-order valence-corrected chi connectivity index (χ2v) is 7.01. The molecule has 0 aromatic carbocycles. The topological polar surface area (TPSA) is 78.7 Å². The first-order valence-corrected chi connectivity index (χ1v) is 9.58. The van der Waals surface area contributed by atoms with Crippen LogP contribution in [0.3, 0.4) is 0 Å². The zero-order chi connectivity index (χ0) is 20.7. The Bertz CT molecular complexity index is 649. The molecule has 1 saturated heterocycles. The molecule has 28 heavy (non-hydrogen) atoms. The molecule has 1 aliphatic carbocycles. The first-order chi connectivity index (χ1) is 13.2. The van der Waals surface area contributed by atoms with Crippen LogP contribution >= 0.6 is 0 Å². The van der Waals surface area contributed by atoms with Gasteiger partial charge in [0.15, 0.2) is 0 Å². The molecule has 0 radical (unpaired) electrons. The van der Waals surface area contributed by atoms with E-state index in [4.69, 9.17) is 9.90 Å². The van der Waals surface area contributed by atoms with Crippen LogP contribution in [0.5, 0.6) is 0 Å². The number of hydrogen-bond acceptors (Lipinski definition) is 4. The fraction of sp³-hybridized carbons (Fsp3) is 0.722. The third kappa shape index (κ3) is 6.22. The number of hydrogen-bond donors (Lipinski definition) is 1. The zero-order valence-corrected chi connectivity index (χ0v) is 16.0. The maximum absolute atomic E-state index is 12.5. The van der Waals surface area contributed by atoms with E-state index in [1.165, 1.54) is 32.1 Å². The molecule has 1 N–H and O–H groups in total. The van der Waals surface area contributed by atoms with Crippen LogP contribution in [0.1, 0.15) is 49.4 Å². The molecule has 3 rings (SSSR count). The van der Waals surface area contributed by atoms with Gasteiger partial charge in [-0.3, -0.25) is 14.4 Å². The Morgan fingerprint density at radius 2 is 1.71 bits per heavy atom. The van der Waals surface area contributed by atoms with Crippen molar-refractivity contribution >= 4 is 11.9 Å². The first kappa shape index (κ1) is 22.2. The number of halogens is 3. The summed E-state index contributed by atoms with van der Waals surface area (Å²) in [5, 5.41) is 11.3. The fourth-order valence-corrected chi connectivity index (χ4v) is 3.57. The molecular formula is C18H27F3N4O3. The Morgan fingerprint density at radius 3 is 2.18 bits per heavy atom. The van der Waals surface area contributed by atoms with E-state index in [2.05, 4.69) is 10.00 Å². The van der Waals surface area contributed by atoms with Gasteiger partial charge in [0.05, 0.1) is 11.8 Å². The lowest BCUT2D eigenvalue weighted by Crippen LogP contribution is -2.52. The van der Waals surface area contributed by atoms with E-state index >= 15 is 0 Å². The van der Waals surface area contributed by atoms with Crippen LogP contribution in [0, 0.1) is 0 Å². The maximum atomic E-state index is 12.5. The molecule has 0 bridgehead atoms. The van der Waals surface area contributed by atoms with E-state index < -0.39 is 12.1 Å². The van der Waals surface area contributed by atoms with Crippen LogP contribution in [0.2, 0.25) is 0 Å². The lowest BCUT2D eigenvalue weighted by atomic mass is 9.94. The van der Waals surface area contributed by atoms with Crippen LogP contribution in [-0.4, -0.2) is 75.0 Å². The number of aryl methyl sites for hydroxylation is 1. The van der Waals surface area contributed by atoms with Crippen LogP contribution in [0.25, 0.3) is 0 Å². The minimum atomic E-state index is -5.08. The summed E-state index contributed by atoms with van der Waals surface area (Å²) in [5.41, 5.74) is 0.725. The van der Waals surface area contributed by atoms with Crippen molar-refractivity contribution in [2.24, 2.45) is 0 Å². The summed E-state index contributed by atoms with van der Waals surface area (Å²) < 4.78 is 33.5. The summed E-state index contributed by atoms with van der Waals surface area (Å²) in [4.78, 5) is 25.9. The number of aliphatic carboxylic acids is 1. The van der Waals surface area contributed by atoms with Gasteiger partial charge in [-0.2, -0.15) is 18.3 Å². The van der Waals surface area contributed by atoms with E-state index in [1.54, 1.807) is 6.20 Å². The highest BCUT2D eigenvalue weighted by Gasteiger charge is 2.38. The number of aromatic nitrogens is 2. The molecule has 1 aromatic rings. The second kappa shape index (κ2) is 9.90. The highest BCUT2D eigenvalue weighted by atomic mass is 19.4. The largest absolute Gasteiger partial charge is 0.490 e. The van der Waals surface area contributed by atoms with E-state index in [0.717, 1.165) is 44.3 Å². The molecule has 2 heterocycles. The van der Waals surface area contributed by atoms with Crippen molar-refractivity contribution in [2.75, 3.05) is 26.2 Å². The van der Waals surface area contributed by atoms with Crippen molar-refractivity contribution in [1.29, 1.82) is 0 Å². The number of carbonyl (C=O) groups is 2. The van der Waals surface area contributed by atoms with Crippen molar-refractivity contribution in [3.05, 3.63) is 18.0 Å². The summed E-state index contributed by atoms with van der Waals surface area (Å²) >= 11 is 0. The van der Waals surface area contributed by atoms with Crippen LogP contribution in [0.4, 0.5) is 13.2 Å². The number of nitrogens with zero attached hydrogens (tertiary/aromatic N) is 4. The normalized spacial score (nSPS) is 19.1. The molecule has 1 aliphatic heterocycles. The van der Waals surface area contributed by atoms with Gasteiger partial charge in [-0.15, -0.1) is 0 Å². The summed E-state index contributed by atoms with van der Waals surface area (Å²) in [6.07, 6.45) is 5.31. The average molecular weight is 404 g/mol. The lowest BCUT2D eigenvalue weighted by Gasteiger charge is -2.40. The third-order valence-corrected chi connectivity index (χ3v) is 5.14. The van der Waals surface area contributed by atoms with Gasteiger partial charge >= 0.3 is 12.1 Å².